The highest BCUT2D eigenvalue weighted by Crippen LogP contribution is 2.24. The standard InChI is InChI=1S/C20H18N2O6/c1-28-9-8-22-18(24)15-7-6-14(10-16(15)19(22)25)17(23)21-11-12-2-4-13(5-3-12)20(26)27/h2-7,10H,8-9,11H2,1H3,(H,21,23)(H,26,27). The van der Waals surface area contributed by atoms with Gasteiger partial charge in [0.2, 0.25) is 0 Å². The molecule has 0 spiro atoms. The van der Waals surface area contributed by atoms with E-state index in [2.05, 4.69) is 5.32 Å². The lowest BCUT2D eigenvalue weighted by atomic mass is 10.1. The number of aromatic carboxylic acids is 1. The molecule has 0 aliphatic carbocycles. The van der Waals surface area contributed by atoms with E-state index in [9.17, 15) is 19.2 Å². The van der Waals surface area contributed by atoms with Crippen LogP contribution in [-0.2, 0) is 11.3 Å². The molecular weight excluding hydrogens is 364 g/mol. The SMILES string of the molecule is COCCN1C(=O)c2ccc(C(=O)NCc3ccc(C(=O)O)cc3)cc2C1=O. The topological polar surface area (TPSA) is 113 Å². The van der Waals surface area contributed by atoms with Crippen molar-refractivity contribution in [3.05, 3.63) is 70.3 Å². The summed E-state index contributed by atoms with van der Waals surface area (Å²) in [6, 6.07) is 10.5. The Morgan fingerprint density at radius 2 is 1.64 bits per heavy atom. The van der Waals surface area contributed by atoms with Gasteiger partial charge in [0.05, 0.1) is 29.8 Å². The number of nitrogens with zero attached hydrogens (tertiary/aromatic N) is 1. The lowest BCUT2D eigenvalue weighted by Gasteiger charge is -2.12. The zero-order valence-electron chi connectivity index (χ0n) is 15.1. The first-order valence-corrected chi connectivity index (χ1v) is 8.52. The number of rotatable bonds is 7. The average Bonchev–Trinajstić information content (AvgIpc) is 2.94. The van der Waals surface area contributed by atoms with Crippen LogP contribution >= 0.6 is 0 Å². The molecule has 3 rings (SSSR count). The van der Waals surface area contributed by atoms with Crippen molar-refractivity contribution in [2.24, 2.45) is 0 Å². The van der Waals surface area contributed by atoms with Gasteiger partial charge in [-0.1, -0.05) is 12.1 Å². The number of carboxylic acid groups (broad SMARTS) is 1. The van der Waals surface area contributed by atoms with Crippen LogP contribution < -0.4 is 5.32 Å². The molecule has 144 valence electrons. The molecular formula is C20H18N2O6. The van der Waals surface area contributed by atoms with Crippen LogP contribution in [-0.4, -0.2) is 54.0 Å². The second-order valence-electron chi connectivity index (χ2n) is 6.20. The highest BCUT2D eigenvalue weighted by Gasteiger charge is 2.35. The molecule has 0 unspecified atom stereocenters. The van der Waals surface area contributed by atoms with Crippen LogP contribution in [0.2, 0.25) is 0 Å². The molecule has 28 heavy (non-hydrogen) atoms. The molecule has 1 heterocycles. The number of nitrogens with one attached hydrogen (secondary N) is 1. The highest BCUT2D eigenvalue weighted by molar-refractivity contribution is 6.22. The van der Waals surface area contributed by atoms with Crippen molar-refractivity contribution in [2.75, 3.05) is 20.3 Å². The first-order chi connectivity index (χ1) is 13.4. The minimum Gasteiger partial charge on any atom is -0.478 e. The van der Waals surface area contributed by atoms with Gasteiger partial charge in [-0.15, -0.1) is 0 Å². The van der Waals surface area contributed by atoms with Gasteiger partial charge in [0, 0.05) is 19.2 Å². The maximum atomic E-state index is 12.4. The average molecular weight is 382 g/mol. The minimum atomic E-state index is -1.02. The van der Waals surface area contributed by atoms with Crippen molar-refractivity contribution in [1.29, 1.82) is 0 Å². The zero-order valence-corrected chi connectivity index (χ0v) is 15.1. The number of imide groups is 1. The molecule has 0 bridgehead atoms. The number of carboxylic acids is 1. The van der Waals surface area contributed by atoms with Gasteiger partial charge in [-0.25, -0.2) is 4.79 Å². The van der Waals surface area contributed by atoms with E-state index in [4.69, 9.17) is 9.84 Å². The summed E-state index contributed by atoms with van der Waals surface area (Å²) in [7, 11) is 1.48. The third-order valence-corrected chi connectivity index (χ3v) is 4.41. The summed E-state index contributed by atoms with van der Waals surface area (Å²) >= 11 is 0. The van der Waals surface area contributed by atoms with Crippen molar-refractivity contribution < 1.29 is 29.0 Å². The maximum Gasteiger partial charge on any atom is 0.335 e. The largest absolute Gasteiger partial charge is 0.478 e. The van der Waals surface area contributed by atoms with Gasteiger partial charge < -0.3 is 15.2 Å². The van der Waals surface area contributed by atoms with Crippen LogP contribution in [0.15, 0.2) is 42.5 Å². The summed E-state index contributed by atoms with van der Waals surface area (Å²) < 4.78 is 4.91. The number of hydrogen-bond donors (Lipinski definition) is 2. The molecule has 0 fully saturated rings. The van der Waals surface area contributed by atoms with Crippen LogP contribution in [0.5, 0.6) is 0 Å². The van der Waals surface area contributed by atoms with Crippen LogP contribution in [0, 0.1) is 0 Å². The molecule has 3 amide bonds. The molecule has 2 aromatic carbocycles. The molecule has 1 aliphatic rings. The highest BCUT2D eigenvalue weighted by atomic mass is 16.5. The molecule has 0 atom stereocenters. The number of benzene rings is 2. The fourth-order valence-electron chi connectivity index (χ4n) is 2.87. The van der Waals surface area contributed by atoms with E-state index in [1.54, 1.807) is 12.1 Å². The van der Waals surface area contributed by atoms with Gasteiger partial charge in [0.1, 0.15) is 0 Å². The Morgan fingerprint density at radius 1 is 1.00 bits per heavy atom. The number of hydrogen-bond acceptors (Lipinski definition) is 5. The Bertz CT molecular complexity index is 952. The molecule has 0 radical (unpaired) electrons. The molecule has 0 saturated heterocycles. The minimum absolute atomic E-state index is 0.150. The normalized spacial score (nSPS) is 12.8. The first-order valence-electron chi connectivity index (χ1n) is 8.52. The second-order valence-corrected chi connectivity index (χ2v) is 6.20. The van der Waals surface area contributed by atoms with Crippen molar-refractivity contribution in [2.45, 2.75) is 6.54 Å². The Kier molecular flexibility index (Phi) is 5.51. The smallest absolute Gasteiger partial charge is 0.335 e. The van der Waals surface area contributed by atoms with Crippen LogP contribution in [0.3, 0.4) is 0 Å². The van der Waals surface area contributed by atoms with Gasteiger partial charge in [-0.3, -0.25) is 19.3 Å². The molecule has 2 N–H and O–H groups in total. The van der Waals surface area contributed by atoms with Crippen LogP contribution in [0.4, 0.5) is 0 Å². The third kappa shape index (κ3) is 3.77. The molecule has 0 aromatic heterocycles. The third-order valence-electron chi connectivity index (χ3n) is 4.41. The number of fused-ring (bicyclic) bond motifs is 1. The second kappa shape index (κ2) is 8.01. The summed E-state index contributed by atoms with van der Waals surface area (Å²) in [6.45, 7) is 0.582. The van der Waals surface area contributed by atoms with E-state index < -0.39 is 23.7 Å². The summed E-state index contributed by atoms with van der Waals surface area (Å²) in [5.41, 5.74) is 1.61. The molecule has 0 saturated carbocycles. The Morgan fingerprint density at radius 3 is 2.29 bits per heavy atom. The van der Waals surface area contributed by atoms with E-state index in [0.29, 0.717) is 0 Å². The summed E-state index contributed by atoms with van der Waals surface area (Å²) in [6.07, 6.45) is 0. The summed E-state index contributed by atoms with van der Waals surface area (Å²) in [4.78, 5) is 49.1. The van der Waals surface area contributed by atoms with E-state index in [-0.39, 0.29) is 42.0 Å². The van der Waals surface area contributed by atoms with Crippen molar-refractivity contribution in [3.63, 3.8) is 0 Å². The summed E-state index contributed by atoms with van der Waals surface area (Å²) in [5.74, 6) is -2.27. The van der Waals surface area contributed by atoms with E-state index in [1.807, 2.05) is 0 Å². The van der Waals surface area contributed by atoms with Gasteiger partial charge in [0.25, 0.3) is 17.7 Å². The fraction of sp³-hybridized carbons (Fsp3) is 0.200. The monoisotopic (exact) mass is 382 g/mol. The van der Waals surface area contributed by atoms with Crippen LogP contribution in [0.25, 0.3) is 0 Å². The van der Waals surface area contributed by atoms with Crippen molar-refractivity contribution in [3.8, 4) is 0 Å². The molecule has 1 aliphatic heterocycles. The van der Waals surface area contributed by atoms with E-state index in [0.717, 1.165) is 10.5 Å². The summed E-state index contributed by atoms with van der Waals surface area (Å²) in [5, 5.41) is 11.6. The molecule has 8 heteroatoms. The zero-order chi connectivity index (χ0) is 20.3. The Hall–Kier alpha value is -3.52. The van der Waals surface area contributed by atoms with Gasteiger partial charge in [0.15, 0.2) is 0 Å². The van der Waals surface area contributed by atoms with Crippen molar-refractivity contribution >= 4 is 23.7 Å². The van der Waals surface area contributed by atoms with Gasteiger partial charge >= 0.3 is 5.97 Å². The Labute approximate surface area is 160 Å². The molecule has 8 nitrogen and oxygen atoms in total. The lowest BCUT2D eigenvalue weighted by molar-refractivity contribution is 0.0601. The van der Waals surface area contributed by atoms with Crippen LogP contribution in [0.1, 0.15) is 47.0 Å². The van der Waals surface area contributed by atoms with Gasteiger partial charge in [-0.2, -0.15) is 0 Å². The number of carbonyl (C=O) groups excluding carboxylic acids is 3. The quantitative estimate of drug-likeness (QED) is 0.703. The fourth-order valence-corrected chi connectivity index (χ4v) is 2.87. The lowest BCUT2D eigenvalue weighted by Crippen LogP contribution is -2.32. The number of carbonyl (C=O) groups is 4. The van der Waals surface area contributed by atoms with E-state index >= 15 is 0 Å². The van der Waals surface area contributed by atoms with Gasteiger partial charge in [-0.05, 0) is 35.9 Å². The molecule has 2 aromatic rings. The maximum absolute atomic E-state index is 12.4. The number of amides is 3. The van der Waals surface area contributed by atoms with Crippen molar-refractivity contribution in [1.82, 2.24) is 10.2 Å². The Balaban J connectivity index is 1.69. The predicted octanol–water partition coefficient (Wildman–Crippen LogP) is 1.56. The number of methoxy groups -OCH3 is 1. The predicted molar refractivity (Wildman–Crippen MR) is 98.3 cm³/mol. The first kappa shape index (κ1) is 19.2. The number of ether oxygens (including phenoxy) is 1. The van der Waals surface area contributed by atoms with E-state index in [1.165, 1.54) is 37.4 Å².